The third kappa shape index (κ3) is 4.00. The molecule has 1 aliphatic carbocycles. The smallest absolute Gasteiger partial charge is 0.251 e. The Bertz CT molecular complexity index is 433. The Labute approximate surface area is 125 Å². The van der Waals surface area contributed by atoms with E-state index in [9.17, 15) is 4.79 Å². The summed E-state index contributed by atoms with van der Waals surface area (Å²) in [5.74, 6) is 0.0416. The maximum Gasteiger partial charge on any atom is 0.251 e. The monoisotopic (exact) mass is 293 g/mol. The number of hydrogen-bond acceptors (Lipinski definition) is 3. The fourth-order valence-corrected chi connectivity index (χ4v) is 3.65. The van der Waals surface area contributed by atoms with Gasteiger partial charge in [0.1, 0.15) is 0 Å². The van der Waals surface area contributed by atoms with E-state index in [1.807, 2.05) is 36.0 Å². The largest absolute Gasteiger partial charge is 0.380 e. The minimum absolute atomic E-state index is 0.0416. The van der Waals surface area contributed by atoms with Crippen LogP contribution in [0.15, 0.2) is 24.3 Å². The van der Waals surface area contributed by atoms with E-state index in [-0.39, 0.29) is 5.91 Å². The highest BCUT2D eigenvalue weighted by molar-refractivity contribution is 7.99. The summed E-state index contributed by atoms with van der Waals surface area (Å²) in [6, 6.07) is 7.96. The second kappa shape index (κ2) is 7.70. The minimum Gasteiger partial charge on any atom is -0.380 e. The first-order valence-corrected chi connectivity index (χ1v) is 8.45. The maximum absolute atomic E-state index is 12.3. The van der Waals surface area contributed by atoms with Crippen LogP contribution < -0.4 is 5.32 Å². The third-order valence-corrected chi connectivity index (χ3v) is 5.02. The molecule has 1 amide bonds. The number of amides is 1. The highest BCUT2D eigenvalue weighted by Gasteiger charge is 2.25. The number of hydrogen-bond donors (Lipinski definition) is 1. The summed E-state index contributed by atoms with van der Waals surface area (Å²) in [4.78, 5) is 12.3. The average molecular weight is 293 g/mol. The van der Waals surface area contributed by atoms with Gasteiger partial charge in [-0.1, -0.05) is 25.0 Å². The van der Waals surface area contributed by atoms with Gasteiger partial charge in [-0.3, -0.25) is 4.79 Å². The number of nitrogens with one attached hydrogen (secondary N) is 1. The zero-order valence-corrected chi connectivity index (χ0v) is 13.0. The van der Waals surface area contributed by atoms with E-state index in [1.165, 1.54) is 19.3 Å². The molecule has 1 N–H and O–H groups in total. The van der Waals surface area contributed by atoms with Gasteiger partial charge in [0.15, 0.2) is 0 Å². The quantitative estimate of drug-likeness (QED) is 0.905. The Morgan fingerprint density at radius 2 is 2.00 bits per heavy atom. The zero-order chi connectivity index (χ0) is 14.4. The normalized spacial score (nSPS) is 22.5. The number of benzene rings is 1. The molecule has 1 aromatic carbocycles. The van der Waals surface area contributed by atoms with Gasteiger partial charge in [0, 0.05) is 24.0 Å². The molecule has 1 saturated carbocycles. The molecule has 3 nitrogen and oxygen atoms in total. The van der Waals surface area contributed by atoms with Crippen LogP contribution in [0.25, 0.3) is 0 Å². The SMILES string of the molecule is COCc1ccc(C(=O)N[C@H]2CCCC[C@H]2SC)cc1. The molecule has 0 bridgehead atoms. The summed E-state index contributed by atoms with van der Waals surface area (Å²) >= 11 is 1.87. The van der Waals surface area contributed by atoms with Crippen molar-refractivity contribution in [1.29, 1.82) is 0 Å². The van der Waals surface area contributed by atoms with Gasteiger partial charge >= 0.3 is 0 Å². The Morgan fingerprint density at radius 1 is 1.30 bits per heavy atom. The van der Waals surface area contributed by atoms with Gasteiger partial charge in [0.05, 0.1) is 6.61 Å². The Balaban J connectivity index is 1.96. The summed E-state index contributed by atoms with van der Waals surface area (Å²) in [5, 5.41) is 3.75. The van der Waals surface area contributed by atoms with Crippen LogP contribution in [0.1, 0.15) is 41.6 Å². The summed E-state index contributed by atoms with van der Waals surface area (Å²) in [5.41, 5.74) is 1.82. The molecule has 0 radical (unpaired) electrons. The Kier molecular flexibility index (Phi) is 5.92. The van der Waals surface area contributed by atoms with E-state index in [4.69, 9.17) is 4.74 Å². The van der Waals surface area contributed by atoms with Crippen molar-refractivity contribution in [3.63, 3.8) is 0 Å². The number of carbonyl (C=O) groups is 1. The molecule has 0 aliphatic heterocycles. The molecule has 0 saturated heterocycles. The average Bonchev–Trinajstić information content (AvgIpc) is 2.49. The van der Waals surface area contributed by atoms with Crippen LogP contribution in [0, 0.1) is 0 Å². The van der Waals surface area contributed by atoms with E-state index in [2.05, 4.69) is 11.6 Å². The van der Waals surface area contributed by atoms with E-state index in [1.54, 1.807) is 7.11 Å². The number of thioether (sulfide) groups is 1. The summed E-state index contributed by atoms with van der Waals surface area (Å²) in [7, 11) is 1.67. The van der Waals surface area contributed by atoms with Crippen molar-refractivity contribution in [1.82, 2.24) is 5.32 Å². The molecular weight excluding hydrogens is 270 g/mol. The molecule has 110 valence electrons. The molecular formula is C16H23NO2S. The molecule has 2 atom stereocenters. The van der Waals surface area contributed by atoms with E-state index >= 15 is 0 Å². The summed E-state index contributed by atoms with van der Waals surface area (Å²) in [6.07, 6.45) is 6.94. The number of carbonyl (C=O) groups excluding carboxylic acids is 1. The summed E-state index contributed by atoms with van der Waals surface area (Å²) in [6.45, 7) is 0.582. The highest BCUT2D eigenvalue weighted by Crippen LogP contribution is 2.27. The van der Waals surface area contributed by atoms with Crippen molar-refractivity contribution in [2.45, 2.75) is 43.6 Å². The third-order valence-electron chi connectivity index (χ3n) is 3.85. The standard InChI is InChI=1S/C16H23NO2S/c1-19-11-12-7-9-13(10-8-12)16(18)17-14-5-3-4-6-15(14)20-2/h7-10,14-15H,3-6,11H2,1-2H3,(H,17,18)/t14-,15+/m0/s1. The Morgan fingerprint density at radius 3 is 2.65 bits per heavy atom. The second-order valence-corrected chi connectivity index (χ2v) is 6.35. The zero-order valence-electron chi connectivity index (χ0n) is 12.2. The van der Waals surface area contributed by atoms with Crippen LogP contribution in [0.4, 0.5) is 0 Å². The Hall–Kier alpha value is -1.00. The van der Waals surface area contributed by atoms with E-state index in [0.29, 0.717) is 17.9 Å². The molecule has 0 heterocycles. The highest BCUT2D eigenvalue weighted by atomic mass is 32.2. The summed E-state index contributed by atoms with van der Waals surface area (Å²) < 4.78 is 5.08. The maximum atomic E-state index is 12.3. The van der Waals surface area contributed by atoms with Crippen LogP contribution in [-0.4, -0.2) is 30.6 Å². The van der Waals surface area contributed by atoms with Crippen molar-refractivity contribution in [2.75, 3.05) is 13.4 Å². The van der Waals surface area contributed by atoms with Crippen molar-refractivity contribution >= 4 is 17.7 Å². The van der Waals surface area contributed by atoms with Crippen molar-refractivity contribution in [2.24, 2.45) is 0 Å². The molecule has 1 aromatic rings. The predicted octanol–water partition coefficient (Wildman–Crippen LogP) is 3.24. The molecule has 2 rings (SSSR count). The fourth-order valence-electron chi connectivity index (χ4n) is 2.71. The lowest BCUT2D eigenvalue weighted by Crippen LogP contribution is -2.43. The lowest BCUT2D eigenvalue weighted by atomic mass is 9.94. The molecule has 4 heteroatoms. The number of methoxy groups -OCH3 is 1. The van der Waals surface area contributed by atoms with Crippen molar-refractivity contribution in [3.8, 4) is 0 Å². The first-order chi connectivity index (χ1) is 9.74. The van der Waals surface area contributed by atoms with Gasteiger partial charge in [-0.15, -0.1) is 0 Å². The number of ether oxygens (including phenoxy) is 1. The van der Waals surface area contributed by atoms with Crippen molar-refractivity contribution < 1.29 is 9.53 Å². The lowest BCUT2D eigenvalue weighted by molar-refractivity contribution is 0.0929. The van der Waals surface area contributed by atoms with Gasteiger partial charge in [-0.2, -0.15) is 11.8 Å². The number of rotatable bonds is 5. The first kappa shape index (κ1) is 15.4. The van der Waals surface area contributed by atoms with E-state index in [0.717, 1.165) is 17.5 Å². The molecule has 0 unspecified atom stereocenters. The van der Waals surface area contributed by atoms with E-state index < -0.39 is 0 Å². The fraction of sp³-hybridized carbons (Fsp3) is 0.562. The van der Waals surface area contributed by atoms with Gasteiger partial charge in [-0.05, 0) is 36.8 Å². The molecule has 1 aliphatic rings. The lowest BCUT2D eigenvalue weighted by Gasteiger charge is -2.30. The van der Waals surface area contributed by atoms with Gasteiger partial charge < -0.3 is 10.1 Å². The van der Waals surface area contributed by atoms with Gasteiger partial charge in [-0.25, -0.2) is 0 Å². The van der Waals surface area contributed by atoms with Crippen LogP contribution in [-0.2, 0) is 11.3 Å². The van der Waals surface area contributed by atoms with Crippen LogP contribution in [0.2, 0.25) is 0 Å². The van der Waals surface area contributed by atoms with Gasteiger partial charge in [0.2, 0.25) is 0 Å². The predicted molar refractivity (Wildman–Crippen MR) is 84.2 cm³/mol. The second-order valence-electron chi connectivity index (χ2n) is 5.27. The molecule has 20 heavy (non-hydrogen) atoms. The van der Waals surface area contributed by atoms with Crippen LogP contribution in [0.5, 0.6) is 0 Å². The molecule has 0 aromatic heterocycles. The minimum atomic E-state index is 0.0416. The molecule has 0 spiro atoms. The van der Waals surface area contributed by atoms with Crippen LogP contribution in [0.3, 0.4) is 0 Å². The van der Waals surface area contributed by atoms with Crippen LogP contribution >= 0.6 is 11.8 Å². The first-order valence-electron chi connectivity index (χ1n) is 7.16. The van der Waals surface area contributed by atoms with Gasteiger partial charge in [0.25, 0.3) is 5.91 Å². The topological polar surface area (TPSA) is 38.3 Å². The molecule has 1 fully saturated rings. The van der Waals surface area contributed by atoms with Crippen molar-refractivity contribution in [3.05, 3.63) is 35.4 Å².